The fourth-order valence-corrected chi connectivity index (χ4v) is 6.95. The highest BCUT2D eigenvalue weighted by Gasteiger charge is 2.35. The van der Waals surface area contributed by atoms with Gasteiger partial charge >= 0.3 is 6.01 Å². The van der Waals surface area contributed by atoms with Crippen LogP contribution in [0.2, 0.25) is 0 Å². The molecule has 4 aliphatic rings. The maximum absolute atomic E-state index is 13.8. The molecule has 0 spiro atoms. The first kappa shape index (κ1) is 28.4. The fraction of sp³-hybridized carbons (Fsp3) is 0.548. The molecule has 11 heteroatoms. The van der Waals surface area contributed by atoms with E-state index < -0.39 is 23.9 Å². The normalized spacial score (nSPS) is 23.9. The van der Waals surface area contributed by atoms with Crippen LogP contribution >= 0.6 is 0 Å². The number of likely N-dealkylation sites (N-methyl/N-ethyl adjacent to an activating group) is 1. The minimum atomic E-state index is -1.02. The fourth-order valence-electron chi connectivity index (χ4n) is 6.95. The predicted octanol–water partition coefficient (Wildman–Crippen LogP) is 2.91. The average molecular weight is 576 g/mol. The van der Waals surface area contributed by atoms with Crippen LogP contribution in [0, 0.1) is 11.3 Å². The summed E-state index contributed by atoms with van der Waals surface area (Å²) < 4.78 is 20.0. The Morgan fingerprint density at radius 3 is 2.79 bits per heavy atom. The Hall–Kier alpha value is -3.75. The van der Waals surface area contributed by atoms with E-state index in [0.717, 1.165) is 67.1 Å². The summed E-state index contributed by atoms with van der Waals surface area (Å²) in [5, 5.41) is 20.2. The molecule has 3 atom stereocenters. The van der Waals surface area contributed by atoms with Gasteiger partial charge < -0.3 is 29.4 Å². The lowest BCUT2D eigenvalue weighted by Crippen LogP contribution is -2.55. The first-order chi connectivity index (χ1) is 20.3. The van der Waals surface area contributed by atoms with E-state index in [-0.39, 0.29) is 13.0 Å². The number of rotatable bonds is 7. The van der Waals surface area contributed by atoms with Crippen LogP contribution in [0.3, 0.4) is 0 Å². The highest BCUT2D eigenvalue weighted by molar-refractivity contribution is 5.91. The lowest BCUT2D eigenvalue weighted by molar-refractivity contribution is -0.131. The molecule has 6 rings (SSSR count). The molecule has 1 aromatic carbocycles. The van der Waals surface area contributed by atoms with E-state index in [0.29, 0.717) is 44.7 Å². The summed E-state index contributed by atoms with van der Waals surface area (Å²) in [4.78, 5) is 30.4. The number of hydrogen-bond donors (Lipinski definition) is 1. The summed E-state index contributed by atoms with van der Waals surface area (Å²) in [6, 6.07) is 8.52. The van der Waals surface area contributed by atoms with E-state index in [2.05, 4.69) is 52.6 Å². The van der Waals surface area contributed by atoms with Gasteiger partial charge in [-0.2, -0.15) is 15.2 Å². The Bertz CT molecular complexity index is 1410. The van der Waals surface area contributed by atoms with Crippen molar-refractivity contribution in [3.8, 4) is 12.1 Å². The summed E-state index contributed by atoms with van der Waals surface area (Å²) in [6.45, 7) is 7.05. The number of nitriles is 1. The van der Waals surface area contributed by atoms with Crippen LogP contribution < -0.4 is 14.5 Å². The lowest BCUT2D eigenvalue weighted by Gasteiger charge is -2.42. The summed E-state index contributed by atoms with van der Waals surface area (Å²) in [6.07, 6.45) is 4.13. The number of carbonyl (C=O) groups is 1. The minimum Gasteiger partial charge on any atom is -0.462 e. The number of likely N-dealkylation sites (tertiary alicyclic amines) is 1. The van der Waals surface area contributed by atoms with Crippen LogP contribution in [0.15, 0.2) is 30.6 Å². The molecule has 2 fully saturated rings. The van der Waals surface area contributed by atoms with Gasteiger partial charge in [-0.1, -0.05) is 18.7 Å². The number of hydrogen-bond acceptors (Lipinski definition) is 9. The number of ether oxygens (including phenoxy) is 1. The Morgan fingerprint density at radius 2 is 2.02 bits per heavy atom. The zero-order valence-corrected chi connectivity index (χ0v) is 24.1. The number of carbonyl (C=O) groups excluding carboxylic acids is 1. The van der Waals surface area contributed by atoms with Crippen molar-refractivity contribution in [1.82, 2.24) is 19.8 Å². The van der Waals surface area contributed by atoms with Crippen molar-refractivity contribution in [2.75, 3.05) is 56.2 Å². The van der Waals surface area contributed by atoms with Gasteiger partial charge in [0.15, 0.2) is 5.83 Å². The molecule has 0 saturated carbocycles. The number of aliphatic hydroxyl groups excluding tert-OH is 1. The van der Waals surface area contributed by atoms with Crippen molar-refractivity contribution in [3.05, 3.63) is 53.0 Å². The van der Waals surface area contributed by atoms with Gasteiger partial charge in [-0.15, -0.1) is 0 Å². The third kappa shape index (κ3) is 5.41. The summed E-state index contributed by atoms with van der Waals surface area (Å²) in [7, 11) is 2.10. The van der Waals surface area contributed by atoms with Crippen LogP contribution in [0.5, 0.6) is 6.01 Å². The third-order valence-corrected chi connectivity index (χ3v) is 9.24. The van der Waals surface area contributed by atoms with Crippen molar-refractivity contribution in [2.45, 2.75) is 63.3 Å². The van der Waals surface area contributed by atoms with Crippen molar-refractivity contribution in [1.29, 1.82) is 5.26 Å². The van der Waals surface area contributed by atoms with Crippen molar-refractivity contribution < 1.29 is 19.0 Å². The van der Waals surface area contributed by atoms with Gasteiger partial charge in [0.2, 0.25) is 0 Å². The number of piperazine rings is 1. The van der Waals surface area contributed by atoms with E-state index >= 15 is 0 Å². The van der Waals surface area contributed by atoms with Crippen molar-refractivity contribution in [3.63, 3.8) is 0 Å². The number of amides is 1. The quantitative estimate of drug-likeness (QED) is 0.499. The molecule has 3 aliphatic heterocycles. The van der Waals surface area contributed by atoms with Crippen LogP contribution in [-0.2, 0) is 24.2 Å². The van der Waals surface area contributed by atoms with Gasteiger partial charge in [0.1, 0.15) is 12.4 Å². The van der Waals surface area contributed by atoms with Crippen molar-refractivity contribution in [2.24, 2.45) is 0 Å². The molecular weight excluding hydrogens is 537 g/mol. The molecule has 1 aromatic heterocycles. The molecule has 0 radical (unpaired) electrons. The highest BCUT2D eigenvalue weighted by atomic mass is 19.1. The summed E-state index contributed by atoms with van der Waals surface area (Å²) >= 11 is 0. The second-order valence-corrected chi connectivity index (χ2v) is 11.8. The molecule has 0 bridgehead atoms. The van der Waals surface area contributed by atoms with Crippen LogP contribution in [0.4, 0.5) is 15.9 Å². The SMILES string of the molecule is C=C(F)C(=O)N1CCN(c2nc(OC[C@@H]3CCCN3C)nc3c2CCN(c2cccc4c2C(O)CC4)C3)C[C@@H]1CC#N. The topological polar surface area (TPSA) is 109 Å². The highest BCUT2D eigenvalue weighted by Crippen LogP contribution is 2.40. The Morgan fingerprint density at radius 1 is 1.17 bits per heavy atom. The van der Waals surface area contributed by atoms with Crippen LogP contribution in [0.25, 0.3) is 0 Å². The molecule has 42 heavy (non-hydrogen) atoms. The monoisotopic (exact) mass is 575 g/mol. The minimum absolute atomic E-state index is 0.0788. The molecule has 222 valence electrons. The van der Waals surface area contributed by atoms with E-state index in [1.54, 1.807) is 0 Å². The molecule has 1 unspecified atom stereocenters. The predicted molar refractivity (Wildman–Crippen MR) is 156 cm³/mol. The maximum Gasteiger partial charge on any atom is 0.318 e. The van der Waals surface area contributed by atoms with Gasteiger partial charge in [-0.3, -0.25) is 4.79 Å². The molecule has 1 N–H and O–H groups in total. The van der Waals surface area contributed by atoms with E-state index in [9.17, 15) is 19.6 Å². The average Bonchev–Trinajstić information content (AvgIpc) is 3.59. The van der Waals surface area contributed by atoms with E-state index in [1.807, 2.05) is 0 Å². The third-order valence-electron chi connectivity index (χ3n) is 9.24. The largest absolute Gasteiger partial charge is 0.462 e. The molecule has 2 aromatic rings. The molecular formula is C31H38FN7O3. The summed E-state index contributed by atoms with van der Waals surface area (Å²) in [5.74, 6) is -1.03. The number of nitrogens with zero attached hydrogens (tertiary/aromatic N) is 7. The van der Waals surface area contributed by atoms with Gasteiger partial charge in [0.05, 0.1) is 36.9 Å². The number of aryl methyl sites for hydroxylation is 1. The zero-order valence-electron chi connectivity index (χ0n) is 24.1. The number of benzene rings is 1. The molecule has 10 nitrogen and oxygen atoms in total. The lowest BCUT2D eigenvalue weighted by atomic mass is 10.00. The Balaban J connectivity index is 1.31. The Labute approximate surface area is 246 Å². The molecule has 1 aliphatic carbocycles. The van der Waals surface area contributed by atoms with E-state index in [4.69, 9.17) is 14.7 Å². The first-order valence-corrected chi connectivity index (χ1v) is 14.9. The second kappa shape index (κ2) is 11.9. The molecule has 4 heterocycles. The standard InChI is InChI=1S/C31H38FN7O3/c1-20(32)30(41)39-16-15-38(17-22(39)10-12-33)29-24-11-14-37(26-7-3-5-21-8-9-27(40)28(21)26)18-25(24)34-31(35-29)42-19-23-6-4-13-36(23)2/h3,5,7,22-23,27,40H,1,4,6,8-11,13-19H2,2H3/t22-,23-,27?/m0/s1. The zero-order chi connectivity index (χ0) is 29.4. The number of fused-ring (bicyclic) bond motifs is 2. The van der Waals surface area contributed by atoms with Gasteiger partial charge in [-0.05, 0) is 57.3 Å². The second-order valence-electron chi connectivity index (χ2n) is 11.8. The van der Waals surface area contributed by atoms with Crippen molar-refractivity contribution >= 4 is 17.4 Å². The Kier molecular flexibility index (Phi) is 8.01. The van der Waals surface area contributed by atoms with E-state index in [1.165, 1.54) is 10.5 Å². The number of anilines is 2. The van der Waals surface area contributed by atoms with Crippen LogP contribution in [-0.4, -0.2) is 89.2 Å². The first-order valence-electron chi connectivity index (χ1n) is 14.9. The number of aromatic nitrogens is 2. The number of aliphatic hydroxyl groups is 1. The summed E-state index contributed by atoms with van der Waals surface area (Å²) in [5.41, 5.74) is 5.16. The molecule has 1 amide bonds. The van der Waals surface area contributed by atoms with Gasteiger partial charge in [0, 0.05) is 49.0 Å². The molecule has 2 saturated heterocycles. The maximum atomic E-state index is 13.8. The van der Waals surface area contributed by atoms with Gasteiger partial charge in [-0.25, -0.2) is 4.39 Å². The smallest absolute Gasteiger partial charge is 0.318 e. The number of halogens is 1. The van der Waals surface area contributed by atoms with Crippen LogP contribution in [0.1, 0.15) is 54.2 Å². The van der Waals surface area contributed by atoms with Gasteiger partial charge in [0.25, 0.3) is 5.91 Å².